The number of carboxylic acid groups (broad SMARTS) is 1. The van der Waals surface area contributed by atoms with Gasteiger partial charge in [0, 0.05) is 6.54 Å². The van der Waals surface area contributed by atoms with Crippen LogP contribution in [0.25, 0.3) is 0 Å². The molecule has 32 heteroatoms. The minimum atomic E-state index is -2.82. The Hall–Kier alpha value is -6.61. The van der Waals surface area contributed by atoms with Gasteiger partial charge in [0.15, 0.2) is 12.1 Å². The molecule has 1 saturated heterocycles. The van der Waals surface area contributed by atoms with Gasteiger partial charge in [-0.15, -0.1) is 11.6 Å². The summed E-state index contributed by atoms with van der Waals surface area (Å²) in [5, 5.41) is 76.3. The molecule has 0 spiro atoms. The second-order valence-corrected chi connectivity index (χ2v) is 22.9. The maximum Gasteiger partial charge on any atom is 0.335 e. The number of carbonyl (C=O) groups excluding carboxylic acids is 11. The molecule has 31 nitrogen and oxygen atoms in total. The Bertz CT molecular complexity index is 2340. The summed E-state index contributed by atoms with van der Waals surface area (Å²) in [6.45, 7) is 5.05. The summed E-state index contributed by atoms with van der Waals surface area (Å²) in [4.78, 5) is 166. The fraction of sp³-hybridized carbons (Fsp3) is 0.763. The first kappa shape index (κ1) is 82.4. The molecular weight excluding hydrogens is 1210 g/mol. The summed E-state index contributed by atoms with van der Waals surface area (Å²) in [6.07, 6.45) is 5.70. The topological polar surface area (TPSA) is 514 Å². The number of ether oxygens (including phenoxy) is 1. The van der Waals surface area contributed by atoms with E-state index < -0.39 is 175 Å². The first-order valence-corrected chi connectivity index (χ1v) is 32.3. The van der Waals surface area contributed by atoms with Crippen LogP contribution in [0.4, 0.5) is 0 Å². The molecule has 1 heterocycles. The number of carboxylic acids is 1. The van der Waals surface area contributed by atoms with E-state index >= 15 is 0 Å². The number of carbonyl (C=O) groups is 12. The summed E-state index contributed by atoms with van der Waals surface area (Å²) in [6, 6.07) is -15.4. The molecule has 0 aliphatic carbocycles. The van der Waals surface area contributed by atoms with Crippen molar-refractivity contribution in [3.8, 4) is 0 Å². The van der Waals surface area contributed by atoms with Gasteiger partial charge < -0.3 is 101 Å². The minimum Gasteiger partial charge on any atom is -0.479 e. The molecular formula is C59H104ClN13O18. The largest absolute Gasteiger partial charge is 0.479 e. The molecule has 0 aromatic carbocycles. The van der Waals surface area contributed by atoms with Gasteiger partial charge in [0.2, 0.25) is 53.2 Å². The molecule has 520 valence electrons. The third kappa shape index (κ3) is 33.0. The molecule has 0 saturated carbocycles. The summed E-state index contributed by atoms with van der Waals surface area (Å²) in [5.41, 5.74) is 16.8. The highest BCUT2D eigenvalue weighted by atomic mass is 35.5. The number of rotatable bonds is 35. The summed E-state index contributed by atoms with van der Waals surface area (Å²) < 4.78 is 5.36. The van der Waals surface area contributed by atoms with E-state index in [0.717, 1.165) is 96.5 Å². The average molecular weight is 1320 g/mol. The number of hydrogen-bond acceptors (Lipinski definition) is 20. The number of amides is 10. The lowest BCUT2D eigenvalue weighted by Gasteiger charge is -2.29. The van der Waals surface area contributed by atoms with Crippen LogP contribution >= 0.6 is 11.6 Å². The van der Waals surface area contributed by atoms with Gasteiger partial charge in [-0.3, -0.25) is 47.9 Å². The van der Waals surface area contributed by atoms with Crippen LogP contribution in [0.1, 0.15) is 175 Å². The monoisotopic (exact) mass is 1320 g/mol. The van der Waals surface area contributed by atoms with Gasteiger partial charge in [0.25, 0.3) is 5.91 Å². The van der Waals surface area contributed by atoms with Crippen molar-refractivity contribution in [1.29, 1.82) is 0 Å². The number of hydrogen-bond donors (Lipinski definition) is 18. The number of nitrogens with one attached hydrogen (secondary N) is 10. The molecule has 0 aromatic rings. The summed E-state index contributed by atoms with van der Waals surface area (Å²) in [7, 11) is 0. The Morgan fingerprint density at radius 1 is 0.582 bits per heavy atom. The second kappa shape index (κ2) is 47.3. The van der Waals surface area contributed by atoms with Crippen molar-refractivity contribution in [2.24, 2.45) is 17.2 Å². The molecule has 91 heavy (non-hydrogen) atoms. The molecule has 12 atom stereocenters. The molecule has 10 amide bonds. The van der Waals surface area contributed by atoms with Gasteiger partial charge in [-0.2, -0.15) is 0 Å². The zero-order valence-corrected chi connectivity index (χ0v) is 53.9. The zero-order valence-electron chi connectivity index (χ0n) is 53.2. The highest BCUT2D eigenvalue weighted by Gasteiger charge is 2.41. The number of unbranched alkanes of at least 4 members (excludes halogenated alkanes) is 14. The number of cyclic esters (lactones) is 1. The van der Waals surface area contributed by atoms with E-state index in [1.54, 1.807) is 0 Å². The maximum absolute atomic E-state index is 14.5. The van der Waals surface area contributed by atoms with Crippen LogP contribution in [-0.4, -0.2) is 208 Å². The van der Waals surface area contributed by atoms with E-state index in [2.05, 4.69) is 56.4 Å². The van der Waals surface area contributed by atoms with Crippen molar-refractivity contribution in [3.63, 3.8) is 0 Å². The first-order chi connectivity index (χ1) is 43.3. The van der Waals surface area contributed by atoms with Crippen molar-refractivity contribution in [1.82, 2.24) is 53.2 Å². The standard InChI is InChI=1S/C59H104ClN13O18/c1-5-8-10-12-14-15-16-17-19-23-36(75)31-45(78)65-42-34-91-59(90)47(43(76)33-60)72-57(87)48(49(79)58(88)89)73-50(80)37(7-3)66-56(86)46(35(4)74)71-53(83)40(26-29-63)68-51(81)38(24-20-21-27-61)67-54(84)41(70-52(82)39(25-28-62)69-55(42)85)32-44(77)64-30-22-18-13-11-9-6-2/h7,35-36,38-43,46-49,74-76,79H,5-6,8-34,61-63H2,1-4H3,(H,64,77)(H,65,78)(H,66,86)(H,67,84)(H,68,81)(H,69,85)(H,70,82)(H,71,83)(H,72,87)(H,73,80)(H,88,89)/b37-7-/t35-,36+,38-,39+,40-,41-,42-,43+,46-,47-,48-,49-/m0/s1. The van der Waals surface area contributed by atoms with Gasteiger partial charge in [-0.25, -0.2) is 9.59 Å². The minimum absolute atomic E-state index is 0.138. The quantitative estimate of drug-likeness (QED) is 0.0132. The number of halogens is 1. The lowest BCUT2D eigenvalue weighted by molar-refractivity contribution is -0.155. The lowest BCUT2D eigenvalue weighted by atomic mass is 10.0. The third-order valence-electron chi connectivity index (χ3n) is 14.8. The smallest absolute Gasteiger partial charge is 0.335 e. The molecule has 1 fully saturated rings. The normalized spacial score (nSPS) is 23.4. The van der Waals surface area contributed by atoms with Crippen LogP contribution in [0.2, 0.25) is 0 Å². The predicted molar refractivity (Wildman–Crippen MR) is 334 cm³/mol. The maximum atomic E-state index is 14.5. The number of allylic oxidation sites excluding steroid dienone is 1. The van der Waals surface area contributed by atoms with Crippen molar-refractivity contribution in [2.45, 2.75) is 248 Å². The van der Waals surface area contributed by atoms with Gasteiger partial charge in [-0.05, 0) is 78.4 Å². The van der Waals surface area contributed by atoms with Crippen LogP contribution in [0.3, 0.4) is 0 Å². The summed E-state index contributed by atoms with van der Waals surface area (Å²) >= 11 is 5.91. The van der Waals surface area contributed by atoms with E-state index in [0.29, 0.717) is 19.3 Å². The Balaban J connectivity index is 4.11. The Morgan fingerprint density at radius 3 is 1.59 bits per heavy atom. The molecule has 1 aliphatic heterocycles. The van der Waals surface area contributed by atoms with Crippen LogP contribution in [0, 0.1) is 0 Å². The third-order valence-corrected chi connectivity index (χ3v) is 15.1. The van der Waals surface area contributed by atoms with Crippen LogP contribution in [0.15, 0.2) is 11.8 Å². The number of aliphatic carboxylic acids is 1. The number of esters is 1. The van der Waals surface area contributed by atoms with Crippen LogP contribution in [-0.2, 0) is 62.3 Å². The van der Waals surface area contributed by atoms with Crippen LogP contribution in [0.5, 0.6) is 0 Å². The Labute approximate surface area is 537 Å². The molecule has 0 bridgehead atoms. The van der Waals surface area contributed by atoms with Crippen molar-refractivity contribution in [2.75, 3.05) is 38.7 Å². The number of aliphatic hydroxyl groups is 4. The first-order valence-electron chi connectivity index (χ1n) is 31.8. The Morgan fingerprint density at radius 2 is 1.08 bits per heavy atom. The van der Waals surface area contributed by atoms with Crippen molar-refractivity contribution in [3.05, 3.63) is 11.8 Å². The molecule has 1 rings (SSSR count). The van der Waals surface area contributed by atoms with E-state index in [1.807, 2.05) is 10.6 Å². The highest BCUT2D eigenvalue weighted by Crippen LogP contribution is 2.14. The zero-order chi connectivity index (χ0) is 68.4. The van der Waals surface area contributed by atoms with Crippen molar-refractivity contribution >= 4 is 82.6 Å². The van der Waals surface area contributed by atoms with Gasteiger partial charge >= 0.3 is 11.9 Å². The number of nitrogens with two attached hydrogens (primary N) is 3. The molecule has 0 aromatic heterocycles. The SMILES string of the molecule is C/C=C1\NC(=O)[C@H]([C@H](C)O)NC(=O)[C@H](CCN)NC(=O)[C@H](CCCCN)NC(=O)[C@H](CC(=O)NCCCCCCCC)NC(=O)[C@@H](CCN)NC(=O)[C@@H](NC(=O)C[C@H](O)CCCCCCCCCCC)COC(=O)[C@H]([C@H](O)CCl)NC(=O)[C@H]([C@H](O)C(=O)O)NC1=O. The van der Waals surface area contributed by atoms with E-state index in [-0.39, 0.29) is 58.3 Å². The fourth-order valence-corrected chi connectivity index (χ4v) is 9.62. The van der Waals surface area contributed by atoms with Gasteiger partial charge in [0.05, 0.1) is 37.0 Å². The van der Waals surface area contributed by atoms with E-state index in [4.69, 9.17) is 33.5 Å². The summed E-state index contributed by atoms with van der Waals surface area (Å²) in [5.74, 6) is -16.3. The van der Waals surface area contributed by atoms with Crippen LogP contribution < -0.4 is 70.4 Å². The second-order valence-electron chi connectivity index (χ2n) is 22.6. The van der Waals surface area contributed by atoms with Crippen molar-refractivity contribution < 1.29 is 87.8 Å². The number of alkyl halides is 1. The predicted octanol–water partition coefficient (Wildman–Crippen LogP) is -2.77. The molecule has 1 aliphatic rings. The Kier molecular flexibility index (Phi) is 42.8. The van der Waals surface area contributed by atoms with Gasteiger partial charge in [-0.1, -0.05) is 110 Å². The highest BCUT2D eigenvalue weighted by molar-refractivity contribution is 6.18. The number of aliphatic hydroxyl groups excluding tert-OH is 4. The lowest BCUT2D eigenvalue weighted by Crippen LogP contribution is -2.62. The average Bonchev–Trinajstić information content (AvgIpc) is 1.64. The van der Waals surface area contributed by atoms with Gasteiger partial charge in [0.1, 0.15) is 54.6 Å². The molecule has 0 unspecified atom stereocenters. The molecule has 0 radical (unpaired) electrons. The van der Waals surface area contributed by atoms with E-state index in [1.165, 1.54) is 6.92 Å². The van der Waals surface area contributed by atoms with E-state index in [9.17, 15) is 83.1 Å². The molecule has 21 N–H and O–H groups in total. The fourth-order valence-electron chi connectivity index (χ4n) is 9.44.